The summed E-state index contributed by atoms with van der Waals surface area (Å²) in [6.07, 6.45) is 3.51. The minimum atomic E-state index is -0.476. The van der Waals surface area contributed by atoms with Crippen molar-refractivity contribution in [1.82, 2.24) is 15.5 Å². The van der Waals surface area contributed by atoms with Crippen molar-refractivity contribution in [2.75, 3.05) is 32.8 Å². The highest BCUT2D eigenvalue weighted by atomic mass is 16.3. The van der Waals surface area contributed by atoms with Gasteiger partial charge in [0.05, 0.1) is 13.2 Å². The summed E-state index contributed by atoms with van der Waals surface area (Å²) in [7, 11) is 0. The van der Waals surface area contributed by atoms with Gasteiger partial charge in [0.1, 0.15) is 0 Å². The van der Waals surface area contributed by atoms with Crippen molar-refractivity contribution in [2.24, 2.45) is 0 Å². The number of urea groups is 1. The van der Waals surface area contributed by atoms with Gasteiger partial charge in [0.2, 0.25) is 5.91 Å². The highest BCUT2D eigenvalue weighted by molar-refractivity contribution is 5.95. The minimum Gasteiger partial charge on any atom is -0.395 e. The quantitative estimate of drug-likeness (QED) is 0.404. The van der Waals surface area contributed by atoms with Gasteiger partial charge in [-0.25, -0.2) is 4.79 Å². The smallest absolute Gasteiger partial charge is 0.321 e. The summed E-state index contributed by atoms with van der Waals surface area (Å²) in [6, 6.07) is -0.476. The Morgan fingerprint density at radius 1 is 1.44 bits per heavy atom. The first-order chi connectivity index (χ1) is 8.63. The predicted octanol–water partition coefficient (Wildman–Crippen LogP) is 0.0926. The first-order valence-corrected chi connectivity index (χ1v) is 6.15. The van der Waals surface area contributed by atoms with Crippen LogP contribution < -0.4 is 10.6 Å². The molecule has 0 aliphatic carbocycles. The number of rotatable bonds is 9. The predicted molar refractivity (Wildman–Crippen MR) is 70.2 cm³/mol. The highest BCUT2D eigenvalue weighted by Gasteiger charge is 2.11. The van der Waals surface area contributed by atoms with E-state index in [0.717, 1.165) is 12.8 Å². The van der Waals surface area contributed by atoms with Gasteiger partial charge in [-0.1, -0.05) is 19.4 Å². The number of hydrogen-bond donors (Lipinski definition) is 3. The summed E-state index contributed by atoms with van der Waals surface area (Å²) in [4.78, 5) is 24.5. The van der Waals surface area contributed by atoms with Crippen LogP contribution in [0, 0.1) is 0 Å². The molecule has 0 aromatic carbocycles. The van der Waals surface area contributed by atoms with E-state index in [-0.39, 0.29) is 19.1 Å². The SMILES string of the molecule is C=CCN(CCO)CC(=O)NC(=O)NCCCC. The molecular weight excluding hydrogens is 234 g/mol. The van der Waals surface area contributed by atoms with Gasteiger partial charge in [0.15, 0.2) is 0 Å². The van der Waals surface area contributed by atoms with Crippen molar-refractivity contribution in [1.29, 1.82) is 0 Å². The van der Waals surface area contributed by atoms with Crippen molar-refractivity contribution in [3.63, 3.8) is 0 Å². The summed E-state index contributed by atoms with van der Waals surface area (Å²) in [5, 5.41) is 13.6. The Balaban J connectivity index is 3.91. The minimum absolute atomic E-state index is 0.0379. The lowest BCUT2D eigenvalue weighted by molar-refractivity contribution is -0.121. The van der Waals surface area contributed by atoms with Crippen molar-refractivity contribution in [3.05, 3.63) is 12.7 Å². The molecule has 0 saturated carbocycles. The maximum atomic E-state index is 11.5. The van der Waals surface area contributed by atoms with Crippen LogP contribution in [-0.2, 0) is 4.79 Å². The molecule has 104 valence electrons. The van der Waals surface area contributed by atoms with Crippen LogP contribution in [0.4, 0.5) is 4.79 Å². The second-order valence-electron chi connectivity index (χ2n) is 3.91. The summed E-state index contributed by atoms with van der Waals surface area (Å²) < 4.78 is 0. The van der Waals surface area contributed by atoms with E-state index < -0.39 is 6.03 Å². The van der Waals surface area contributed by atoms with Gasteiger partial charge in [-0.15, -0.1) is 6.58 Å². The summed E-state index contributed by atoms with van der Waals surface area (Å²) in [5.74, 6) is -0.390. The van der Waals surface area contributed by atoms with Crippen LogP contribution in [0.1, 0.15) is 19.8 Å². The third-order valence-corrected chi connectivity index (χ3v) is 2.24. The molecule has 6 heteroatoms. The molecule has 6 nitrogen and oxygen atoms in total. The number of hydrogen-bond acceptors (Lipinski definition) is 4. The highest BCUT2D eigenvalue weighted by Crippen LogP contribution is 1.88. The number of carbonyl (C=O) groups is 2. The summed E-state index contributed by atoms with van der Waals surface area (Å²) >= 11 is 0. The number of carbonyl (C=O) groups excluding carboxylic acids is 2. The largest absolute Gasteiger partial charge is 0.395 e. The molecule has 0 unspecified atom stereocenters. The van der Waals surface area contributed by atoms with Gasteiger partial charge in [0, 0.05) is 19.6 Å². The number of amides is 3. The van der Waals surface area contributed by atoms with Crippen molar-refractivity contribution >= 4 is 11.9 Å². The van der Waals surface area contributed by atoms with Crippen LogP contribution >= 0.6 is 0 Å². The molecule has 0 aliphatic rings. The van der Waals surface area contributed by atoms with E-state index in [4.69, 9.17) is 5.11 Å². The van der Waals surface area contributed by atoms with Gasteiger partial charge in [-0.05, 0) is 6.42 Å². The number of aliphatic hydroxyl groups is 1. The fourth-order valence-electron chi connectivity index (χ4n) is 1.35. The van der Waals surface area contributed by atoms with Crippen LogP contribution in [0.25, 0.3) is 0 Å². The lowest BCUT2D eigenvalue weighted by Crippen LogP contribution is -2.45. The second kappa shape index (κ2) is 10.7. The Hall–Kier alpha value is -1.40. The zero-order valence-corrected chi connectivity index (χ0v) is 10.9. The van der Waals surface area contributed by atoms with E-state index in [1.54, 1.807) is 11.0 Å². The standard InChI is InChI=1S/C12H23N3O3/c1-3-5-6-13-12(18)14-11(17)10-15(7-4-2)8-9-16/h4,16H,2-3,5-10H2,1H3,(H2,13,14,17,18). The Kier molecular flexibility index (Phi) is 9.90. The molecule has 0 aromatic rings. The van der Waals surface area contributed by atoms with E-state index in [2.05, 4.69) is 17.2 Å². The Labute approximate surface area is 108 Å². The lowest BCUT2D eigenvalue weighted by atomic mass is 10.3. The third kappa shape index (κ3) is 8.72. The monoisotopic (exact) mass is 257 g/mol. The number of imide groups is 1. The van der Waals surface area contributed by atoms with Crippen LogP contribution in [0.15, 0.2) is 12.7 Å². The molecule has 0 aliphatic heterocycles. The molecule has 0 bridgehead atoms. The number of nitrogens with one attached hydrogen (secondary N) is 2. The zero-order valence-electron chi connectivity index (χ0n) is 10.9. The number of nitrogens with zero attached hydrogens (tertiary/aromatic N) is 1. The third-order valence-electron chi connectivity index (χ3n) is 2.24. The Morgan fingerprint density at radius 2 is 2.17 bits per heavy atom. The second-order valence-corrected chi connectivity index (χ2v) is 3.91. The van der Waals surface area contributed by atoms with Gasteiger partial charge < -0.3 is 10.4 Å². The Bertz CT molecular complexity index is 269. The van der Waals surface area contributed by atoms with Crippen LogP contribution in [0.3, 0.4) is 0 Å². The summed E-state index contributed by atoms with van der Waals surface area (Å²) in [6.45, 7) is 7.03. The molecule has 3 N–H and O–H groups in total. The van der Waals surface area contributed by atoms with E-state index in [9.17, 15) is 9.59 Å². The maximum absolute atomic E-state index is 11.5. The van der Waals surface area contributed by atoms with Gasteiger partial charge in [-0.2, -0.15) is 0 Å². The molecule has 0 aromatic heterocycles. The maximum Gasteiger partial charge on any atom is 0.321 e. The van der Waals surface area contributed by atoms with Crippen LogP contribution in [-0.4, -0.2) is 54.7 Å². The molecule has 18 heavy (non-hydrogen) atoms. The normalized spacial score (nSPS) is 10.2. The van der Waals surface area contributed by atoms with Gasteiger partial charge >= 0.3 is 6.03 Å². The molecule has 0 rings (SSSR count). The zero-order chi connectivity index (χ0) is 13.8. The average molecular weight is 257 g/mol. The topological polar surface area (TPSA) is 81.7 Å². The molecular formula is C12H23N3O3. The lowest BCUT2D eigenvalue weighted by Gasteiger charge is -2.18. The van der Waals surface area contributed by atoms with E-state index in [1.165, 1.54) is 0 Å². The first kappa shape index (κ1) is 16.6. The van der Waals surface area contributed by atoms with Crippen molar-refractivity contribution < 1.29 is 14.7 Å². The first-order valence-electron chi connectivity index (χ1n) is 6.15. The fraction of sp³-hybridized carbons (Fsp3) is 0.667. The number of unbranched alkanes of at least 4 members (excludes halogenated alkanes) is 1. The van der Waals surface area contributed by atoms with E-state index >= 15 is 0 Å². The molecule has 0 spiro atoms. The van der Waals surface area contributed by atoms with E-state index in [1.807, 2.05) is 6.92 Å². The molecule has 0 saturated heterocycles. The van der Waals surface area contributed by atoms with Crippen LogP contribution in [0.2, 0.25) is 0 Å². The van der Waals surface area contributed by atoms with Crippen molar-refractivity contribution in [2.45, 2.75) is 19.8 Å². The Morgan fingerprint density at radius 3 is 2.72 bits per heavy atom. The molecule has 0 atom stereocenters. The average Bonchev–Trinajstić information content (AvgIpc) is 2.29. The van der Waals surface area contributed by atoms with E-state index in [0.29, 0.717) is 19.6 Å². The van der Waals surface area contributed by atoms with Gasteiger partial charge in [-0.3, -0.25) is 15.0 Å². The molecule has 0 radical (unpaired) electrons. The fourth-order valence-corrected chi connectivity index (χ4v) is 1.35. The van der Waals surface area contributed by atoms with Gasteiger partial charge in [0.25, 0.3) is 0 Å². The molecule has 0 heterocycles. The number of aliphatic hydroxyl groups excluding tert-OH is 1. The summed E-state index contributed by atoms with van der Waals surface area (Å²) in [5.41, 5.74) is 0. The molecule has 3 amide bonds. The van der Waals surface area contributed by atoms with Crippen LogP contribution in [0.5, 0.6) is 0 Å². The van der Waals surface area contributed by atoms with Crippen molar-refractivity contribution in [3.8, 4) is 0 Å². The molecule has 0 fully saturated rings.